The molecule has 0 aliphatic heterocycles. The summed E-state index contributed by atoms with van der Waals surface area (Å²) in [6.45, 7) is 3.97. The Bertz CT molecular complexity index is 358. The number of nitrogens with two attached hydrogens (primary N) is 1. The number of rotatable bonds is 3. The lowest BCUT2D eigenvalue weighted by Gasteiger charge is -2.24. The first-order valence-electron chi connectivity index (χ1n) is 5.99. The normalized spacial score (nSPS) is 18.9. The van der Waals surface area contributed by atoms with Crippen LogP contribution in [-0.4, -0.2) is 10.2 Å². The summed E-state index contributed by atoms with van der Waals surface area (Å²) in [5.74, 6) is 6.35. The summed E-state index contributed by atoms with van der Waals surface area (Å²) >= 11 is 0. The van der Waals surface area contributed by atoms with Gasteiger partial charge in [0, 0.05) is 0 Å². The molecule has 2 rings (SSSR count). The second-order valence-corrected chi connectivity index (χ2v) is 4.72. The number of hydrogen-bond acceptors (Lipinski definition) is 4. The molecule has 0 amide bonds. The van der Waals surface area contributed by atoms with E-state index < -0.39 is 0 Å². The van der Waals surface area contributed by atoms with Crippen LogP contribution < -0.4 is 11.3 Å². The molecule has 1 fully saturated rings. The maximum Gasteiger partial charge on any atom is 0.0648 e. The lowest BCUT2D eigenvalue weighted by Crippen LogP contribution is -2.33. The van der Waals surface area contributed by atoms with Gasteiger partial charge in [-0.05, 0) is 44.2 Å². The second-order valence-electron chi connectivity index (χ2n) is 4.72. The maximum absolute atomic E-state index is 5.71. The van der Waals surface area contributed by atoms with Crippen molar-refractivity contribution < 1.29 is 0 Å². The molecule has 4 heteroatoms. The van der Waals surface area contributed by atoms with Crippen LogP contribution in [0, 0.1) is 19.8 Å². The van der Waals surface area contributed by atoms with E-state index in [0.717, 1.165) is 11.4 Å². The quantitative estimate of drug-likeness (QED) is 0.602. The number of aryl methyl sites for hydroxylation is 2. The van der Waals surface area contributed by atoms with Crippen molar-refractivity contribution in [2.75, 3.05) is 0 Å². The molecule has 0 bridgehead atoms. The van der Waals surface area contributed by atoms with Crippen LogP contribution in [0.15, 0.2) is 6.07 Å². The predicted octanol–water partition coefficient (Wildman–Crippen LogP) is 1.79. The van der Waals surface area contributed by atoms with Crippen LogP contribution >= 0.6 is 0 Å². The minimum atomic E-state index is 0.233. The van der Waals surface area contributed by atoms with E-state index >= 15 is 0 Å². The van der Waals surface area contributed by atoms with E-state index in [9.17, 15) is 0 Å². The number of nitrogens with one attached hydrogen (secondary N) is 1. The first-order valence-corrected chi connectivity index (χ1v) is 5.99. The van der Waals surface area contributed by atoms with Crippen molar-refractivity contribution in [3.63, 3.8) is 0 Å². The molecule has 1 saturated carbocycles. The topological polar surface area (TPSA) is 63.8 Å². The lowest BCUT2D eigenvalue weighted by atomic mass is 9.91. The summed E-state index contributed by atoms with van der Waals surface area (Å²) in [6, 6.07) is 2.34. The molecule has 0 radical (unpaired) electrons. The van der Waals surface area contributed by atoms with Crippen LogP contribution in [0.1, 0.15) is 48.7 Å². The van der Waals surface area contributed by atoms with E-state index in [2.05, 4.69) is 21.7 Å². The highest BCUT2D eigenvalue weighted by atomic mass is 15.2. The van der Waals surface area contributed by atoms with E-state index in [4.69, 9.17) is 5.84 Å². The van der Waals surface area contributed by atoms with Gasteiger partial charge in [-0.1, -0.05) is 12.8 Å². The van der Waals surface area contributed by atoms with Gasteiger partial charge in [0.2, 0.25) is 0 Å². The Labute approximate surface area is 96.6 Å². The molecule has 1 aliphatic carbocycles. The molecule has 1 aliphatic rings. The Morgan fingerprint density at radius 2 is 2.00 bits per heavy atom. The third-order valence-electron chi connectivity index (χ3n) is 3.53. The van der Waals surface area contributed by atoms with Crippen LogP contribution in [0.4, 0.5) is 0 Å². The molecule has 1 aromatic rings. The smallest absolute Gasteiger partial charge is 0.0648 e. The summed E-state index contributed by atoms with van der Waals surface area (Å²) in [7, 11) is 0. The van der Waals surface area contributed by atoms with Gasteiger partial charge in [0.05, 0.1) is 17.4 Å². The lowest BCUT2D eigenvalue weighted by molar-refractivity contribution is 0.370. The summed E-state index contributed by atoms with van der Waals surface area (Å²) < 4.78 is 0. The Kier molecular flexibility index (Phi) is 3.51. The van der Waals surface area contributed by atoms with Crippen molar-refractivity contribution in [1.82, 2.24) is 15.6 Å². The third kappa shape index (κ3) is 2.23. The molecule has 1 atom stereocenters. The Balaban J connectivity index is 2.28. The average molecular weight is 220 g/mol. The van der Waals surface area contributed by atoms with Crippen LogP contribution in [0.2, 0.25) is 0 Å². The van der Waals surface area contributed by atoms with E-state index in [0.29, 0.717) is 5.92 Å². The van der Waals surface area contributed by atoms with Gasteiger partial charge in [-0.15, -0.1) is 0 Å². The largest absolute Gasteiger partial charge is 0.271 e. The Morgan fingerprint density at radius 1 is 1.31 bits per heavy atom. The van der Waals surface area contributed by atoms with E-state index in [1.807, 2.05) is 13.8 Å². The number of aromatic nitrogens is 2. The summed E-state index contributed by atoms with van der Waals surface area (Å²) in [5, 5.41) is 8.24. The second kappa shape index (κ2) is 4.89. The maximum atomic E-state index is 5.71. The highest BCUT2D eigenvalue weighted by Crippen LogP contribution is 2.35. The molecule has 0 saturated heterocycles. The minimum absolute atomic E-state index is 0.233. The molecule has 0 aromatic carbocycles. The summed E-state index contributed by atoms with van der Waals surface area (Å²) in [4.78, 5) is 0. The number of nitrogens with zero attached hydrogens (tertiary/aromatic N) is 2. The van der Waals surface area contributed by atoms with Crippen LogP contribution in [0.3, 0.4) is 0 Å². The zero-order valence-corrected chi connectivity index (χ0v) is 10.0. The highest BCUT2D eigenvalue weighted by Gasteiger charge is 2.27. The first-order chi connectivity index (χ1) is 7.72. The fourth-order valence-corrected chi connectivity index (χ4v) is 2.66. The van der Waals surface area contributed by atoms with Gasteiger partial charge in [-0.2, -0.15) is 10.2 Å². The molecule has 1 heterocycles. The van der Waals surface area contributed by atoms with Crippen molar-refractivity contribution in [3.05, 3.63) is 23.0 Å². The molecule has 4 nitrogen and oxygen atoms in total. The van der Waals surface area contributed by atoms with Gasteiger partial charge < -0.3 is 0 Å². The van der Waals surface area contributed by atoms with E-state index in [1.54, 1.807) is 0 Å². The van der Waals surface area contributed by atoms with Crippen molar-refractivity contribution in [1.29, 1.82) is 0 Å². The van der Waals surface area contributed by atoms with Crippen molar-refractivity contribution >= 4 is 0 Å². The Morgan fingerprint density at radius 3 is 2.62 bits per heavy atom. The van der Waals surface area contributed by atoms with Crippen LogP contribution in [-0.2, 0) is 0 Å². The van der Waals surface area contributed by atoms with Gasteiger partial charge in [0.1, 0.15) is 0 Å². The molecular formula is C12H20N4. The van der Waals surface area contributed by atoms with Gasteiger partial charge in [-0.25, -0.2) is 0 Å². The zero-order chi connectivity index (χ0) is 11.5. The predicted molar refractivity (Wildman–Crippen MR) is 63.5 cm³/mol. The van der Waals surface area contributed by atoms with E-state index in [-0.39, 0.29) is 6.04 Å². The third-order valence-corrected chi connectivity index (χ3v) is 3.53. The molecule has 1 unspecified atom stereocenters. The molecular weight excluding hydrogens is 200 g/mol. The molecule has 3 N–H and O–H groups in total. The molecule has 0 spiro atoms. The monoisotopic (exact) mass is 220 g/mol. The van der Waals surface area contributed by atoms with Crippen molar-refractivity contribution in [2.24, 2.45) is 11.8 Å². The van der Waals surface area contributed by atoms with Crippen molar-refractivity contribution in [3.8, 4) is 0 Å². The number of hydrogen-bond donors (Lipinski definition) is 2. The fraction of sp³-hybridized carbons (Fsp3) is 0.667. The molecule has 1 aromatic heterocycles. The standard InChI is InChI=1S/C12H20N4/c1-8-7-11(9(2)16-15-8)12(14-13)10-5-3-4-6-10/h7,10,12,14H,3-6,13H2,1-2H3. The average Bonchev–Trinajstić information content (AvgIpc) is 2.78. The number of hydrazine groups is 1. The molecule has 88 valence electrons. The van der Waals surface area contributed by atoms with Gasteiger partial charge >= 0.3 is 0 Å². The van der Waals surface area contributed by atoms with Crippen LogP contribution in [0.25, 0.3) is 0 Å². The van der Waals surface area contributed by atoms with Crippen LogP contribution in [0.5, 0.6) is 0 Å². The fourth-order valence-electron chi connectivity index (χ4n) is 2.66. The van der Waals surface area contributed by atoms with Gasteiger partial charge in [0.15, 0.2) is 0 Å². The van der Waals surface area contributed by atoms with Gasteiger partial charge in [0.25, 0.3) is 0 Å². The summed E-state index contributed by atoms with van der Waals surface area (Å²) in [5.41, 5.74) is 6.11. The SMILES string of the molecule is Cc1cc(C(NN)C2CCCC2)c(C)nn1. The highest BCUT2D eigenvalue weighted by molar-refractivity contribution is 5.24. The summed E-state index contributed by atoms with van der Waals surface area (Å²) in [6.07, 6.45) is 5.16. The van der Waals surface area contributed by atoms with E-state index in [1.165, 1.54) is 31.2 Å². The zero-order valence-electron chi connectivity index (χ0n) is 10.0. The molecule has 16 heavy (non-hydrogen) atoms. The van der Waals surface area contributed by atoms with Crippen molar-refractivity contribution in [2.45, 2.75) is 45.6 Å². The van der Waals surface area contributed by atoms with Gasteiger partial charge in [-0.3, -0.25) is 11.3 Å². The minimum Gasteiger partial charge on any atom is -0.271 e. The Hall–Kier alpha value is -1.00. The first kappa shape index (κ1) is 11.5.